The van der Waals surface area contributed by atoms with Gasteiger partial charge in [-0.15, -0.1) is 0 Å². The fraction of sp³-hybridized carbons (Fsp3) is 0.300. The van der Waals surface area contributed by atoms with Gasteiger partial charge in [-0.05, 0) is 12.8 Å². The summed E-state index contributed by atoms with van der Waals surface area (Å²) in [4.78, 5) is 11.7. The lowest BCUT2D eigenvalue weighted by molar-refractivity contribution is 0.101. The van der Waals surface area contributed by atoms with Crippen LogP contribution in [-0.2, 0) is 0 Å². The Balaban J connectivity index is 1.73. The predicted octanol–water partition coefficient (Wildman–Crippen LogP) is 1.79. The third-order valence-corrected chi connectivity index (χ3v) is 2.42. The molecular weight excluding hydrogens is 210 g/mol. The van der Waals surface area contributed by atoms with E-state index in [0.717, 1.165) is 18.6 Å². The first kappa shape index (κ1) is 9.14. The number of nitrogens with one attached hydrogen (secondary N) is 1. The van der Waals surface area contributed by atoms with E-state index in [4.69, 9.17) is 4.52 Å². The first-order chi connectivity index (χ1) is 7.83. The maximum atomic E-state index is 11.7. The first-order valence-corrected chi connectivity index (χ1v) is 5.01. The molecule has 1 saturated carbocycles. The van der Waals surface area contributed by atoms with Crippen LogP contribution in [0.3, 0.4) is 0 Å². The highest BCUT2D eigenvalue weighted by molar-refractivity contribution is 6.02. The van der Waals surface area contributed by atoms with Crippen molar-refractivity contribution in [2.24, 2.45) is 0 Å². The van der Waals surface area contributed by atoms with Crippen molar-refractivity contribution in [3.63, 3.8) is 0 Å². The molecule has 1 N–H and O–H groups in total. The number of rotatable bonds is 3. The number of carbonyl (C=O) groups excluding carboxylic acids is 1. The summed E-state index contributed by atoms with van der Waals surface area (Å²) in [5.74, 6) is 1.25. The summed E-state index contributed by atoms with van der Waals surface area (Å²) in [5, 5.41) is 9.83. The van der Waals surface area contributed by atoms with Gasteiger partial charge in [0, 0.05) is 18.1 Å². The van der Waals surface area contributed by atoms with Crippen LogP contribution in [0.2, 0.25) is 0 Å². The number of nitrogens with zero attached hydrogens (tertiary/aromatic N) is 2. The molecule has 2 aromatic rings. The molecule has 0 spiro atoms. The summed E-state index contributed by atoms with van der Waals surface area (Å²) < 4.78 is 9.67. The molecule has 3 rings (SSSR count). The smallest absolute Gasteiger partial charge is 0.279 e. The van der Waals surface area contributed by atoms with Crippen molar-refractivity contribution in [3.8, 4) is 0 Å². The lowest BCUT2D eigenvalue weighted by Gasteiger charge is -1.94. The molecule has 1 aliphatic rings. The summed E-state index contributed by atoms with van der Waals surface area (Å²) in [7, 11) is 0. The zero-order valence-electron chi connectivity index (χ0n) is 8.34. The van der Waals surface area contributed by atoms with Gasteiger partial charge < -0.3 is 14.4 Å². The molecule has 82 valence electrons. The Morgan fingerprint density at radius 1 is 1.44 bits per heavy atom. The number of aromatic nitrogens is 2. The summed E-state index contributed by atoms with van der Waals surface area (Å²) in [6, 6.07) is 3.23. The van der Waals surface area contributed by atoms with Gasteiger partial charge in [-0.25, -0.2) is 0 Å². The molecule has 2 heterocycles. The van der Waals surface area contributed by atoms with Gasteiger partial charge in [0.1, 0.15) is 12.0 Å². The van der Waals surface area contributed by atoms with Crippen molar-refractivity contribution in [3.05, 3.63) is 29.9 Å². The highest BCUT2D eigenvalue weighted by atomic mass is 16.5. The van der Waals surface area contributed by atoms with E-state index in [1.165, 1.54) is 6.26 Å². The minimum absolute atomic E-state index is 0.268. The van der Waals surface area contributed by atoms with E-state index in [0.29, 0.717) is 11.7 Å². The van der Waals surface area contributed by atoms with Crippen LogP contribution in [0.25, 0.3) is 0 Å². The highest BCUT2D eigenvalue weighted by Crippen LogP contribution is 2.40. The summed E-state index contributed by atoms with van der Waals surface area (Å²) in [6.45, 7) is 0. The molecule has 1 aliphatic carbocycles. The maximum Gasteiger partial charge on any atom is 0.279 e. The minimum atomic E-state index is -0.343. The van der Waals surface area contributed by atoms with Crippen LogP contribution in [-0.4, -0.2) is 16.2 Å². The molecule has 0 unspecified atom stereocenters. The topological polar surface area (TPSA) is 81.2 Å². The molecule has 6 nitrogen and oxygen atoms in total. The molecule has 0 aliphatic heterocycles. The number of hydrogen-bond donors (Lipinski definition) is 1. The van der Waals surface area contributed by atoms with Crippen LogP contribution in [0.4, 0.5) is 5.82 Å². The van der Waals surface area contributed by atoms with Crippen LogP contribution in [0.1, 0.15) is 35.0 Å². The Bertz CT molecular complexity index is 499. The molecule has 0 bridgehead atoms. The quantitative estimate of drug-likeness (QED) is 0.851. The van der Waals surface area contributed by atoms with Crippen LogP contribution >= 0.6 is 0 Å². The fourth-order valence-corrected chi connectivity index (χ4v) is 1.41. The van der Waals surface area contributed by atoms with E-state index >= 15 is 0 Å². The Labute approximate surface area is 90.6 Å². The van der Waals surface area contributed by atoms with Crippen LogP contribution < -0.4 is 5.32 Å². The average Bonchev–Trinajstić information content (AvgIpc) is 2.82. The zero-order chi connectivity index (χ0) is 11.0. The van der Waals surface area contributed by atoms with Crippen molar-refractivity contribution in [1.82, 2.24) is 10.3 Å². The van der Waals surface area contributed by atoms with E-state index < -0.39 is 0 Å². The van der Waals surface area contributed by atoms with Gasteiger partial charge in [-0.1, -0.05) is 10.3 Å². The summed E-state index contributed by atoms with van der Waals surface area (Å²) >= 11 is 0. The van der Waals surface area contributed by atoms with E-state index in [1.54, 1.807) is 12.1 Å². The zero-order valence-corrected chi connectivity index (χ0v) is 8.34. The van der Waals surface area contributed by atoms with Crippen molar-refractivity contribution in [1.29, 1.82) is 0 Å². The maximum absolute atomic E-state index is 11.7. The molecule has 0 atom stereocenters. The van der Waals surface area contributed by atoms with E-state index in [-0.39, 0.29) is 11.6 Å². The molecule has 6 heteroatoms. The second-order valence-corrected chi connectivity index (χ2v) is 3.73. The lowest BCUT2D eigenvalue weighted by Crippen LogP contribution is -2.12. The minimum Gasteiger partial charge on any atom is -0.363 e. The largest absolute Gasteiger partial charge is 0.363 e. The first-order valence-electron chi connectivity index (χ1n) is 5.01. The molecule has 1 fully saturated rings. The van der Waals surface area contributed by atoms with Crippen LogP contribution in [0.5, 0.6) is 0 Å². The van der Waals surface area contributed by atoms with Crippen LogP contribution in [0.15, 0.2) is 27.4 Å². The standard InChI is InChI=1S/C10H9N3O3/c14-10(11-9-3-4-15-13-9)7-5-8(16-12-7)6-1-2-6/h3-6H,1-2H2,(H,11,13,14). The SMILES string of the molecule is O=C(Nc1ccon1)c1cc(C2CC2)on1. The van der Waals surface area contributed by atoms with Gasteiger partial charge in [-0.2, -0.15) is 0 Å². The third-order valence-electron chi connectivity index (χ3n) is 2.42. The molecule has 0 aromatic carbocycles. The molecule has 1 amide bonds. The van der Waals surface area contributed by atoms with Gasteiger partial charge in [-0.3, -0.25) is 4.79 Å². The van der Waals surface area contributed by atoms with Gasteiger partial charge >= 0.3 is 0 Å². The number of hydrogen-bond acceptors (Lipinski definition) is 5. The Hall–Kier alpha value is -2.11. The van der Waals surface area contributed by atoms with Crippen molar-refractivity contribution in [2.75, 3.05) is 5.32 Å². The molecule has 0 radical (unpaired) electrons. The number of amides is 1. The third kappa shape index (κ3) is 1.69. The molecular formula is C10H9N3O3. The Morgan fingerprint density at radius 3 is 3.00 bits per heavy atom. The van der Waals surface area contributed by atoms with Gasteiger partial charge in [0.25, 0.3) is 5.91 Å². The summed E-state index contributed by atoms with van der Waals surface area (Å²) in [6.07, 6.45) is 3.60. The van der Waals surface area contributed by atoms with Crippen LogP contribution in [0, 0.1) is 0 Å². The van der Waals surface area contributed by atoms with Crippen molar-refractivity contribution < 1.29 is 13.8 Å². The van der Waals surface area contributed by atoms with Gasteiger partial charge in [0.05, 0.1) is 0 Å². The van der Waals surface area contributed by atoms with E-state index in [2.05, 4.69) is 20.2 Å². The summed E-state index contributed by atoms with van der Waals surface area (Å²) in [5.41, 5.74) is 0.268. The lowest BCUT2D eigenvalue weighted by atomic mass is 10.3. The molecule has 0 saturated heterocycles. The Morgan fingerprint density at radius 2 is 2.31 bits per heavy atom. The highest BCUT2D eigenvalue weighted by Gasteiger charge is 2.28. The number of anilines is 1. The monoisotopic (exact) mass is 219 g/mol. The fourth-order valence-electron chi connectivity index (χ4n) is 1.41. The van der Waals surface area contributed by atoms with E-state index in [9.17, 15) is 4.79 Å². The Kier molecular flexibility index (Phi) is 1.99. The normalized spacial score (nSPS) is 15.0. The van der Waals surface area contributed by atoms with E-state index in [1.807, 2.05) is 0 Å². The second-order valence-electron chi connectivity index (χ2n) is 3.73. The van der Waals surface area contributed by atoms with Crippen molar-refractivity contribution >= 4 is 11.7 Å². The van der Waals surface area contributed by atoms with Gasteiger partial charge in [0.2, 0.25) is 0 Å². The average molecular weight is 219 g/mol. The molecule has 2 aromatic heterocycles. The van der Waals surface area contributed by atoms with Gasteiger partial charge in [0.15, 0.2) is 11.5 Å². The number of carbonyl (C=O) groups is 1. The van der Waals surface area contributed by atoms with Crippen molar-refractivity contribution in [2.45, 2.75) is 18.8 Å². The predicted molar refractivity (Wildman–Crippen MR) is 52.9 cm³/mol. The second kappa shape index (κ2) is 3.48. The molecule has 16 heavy (non-hydrogen) atoms.